The number of carbonyl (C=O) groups is 1. The summed E-state index contributed by atoms with van der Waals surface area (Å²) in [6.45, 7) is 1.48. The van der Waals surface area contributed by atoms with Crippen molar-refractivity contribution in [2.45, 2.75) is 6.92 Å². The molecule has 0 aliphatic heterocycles. The number of halogens is 1. The summed E-state index contributed by atoms with van der Waals surface area (Å²) >= 11 is 4.64. The number of anilines is 3. The molecule has 3 N–H and O–H groups in total. The van der Waals surface area contributed by atoms with E-state index in [1.807, 2.05) is 24.3 Å². The number of nitrogens with two attached hydrogens (primary N) is 1. The van der Waals surface area contributed by atoms with Gasteiger partial charge in [-0.05, 0) is 18.2 Å². The summed E-state index contributed by atoms with van der Waals surface area (Å²) in [5.74, 6) is 0.210. The predicted octanol–water partition coefficient (Wildman–Crippen LogP) is 3.43. The van der Waals surface area contributed by atoms with Gasteiger partial charge in [0.1, 0.15) is 10.7 Å². The van der Waals surface area contributed by atoms with Gasteiger partial charge < -0.3 is 11.1 Å². The van der Waals surface area contributed by atoms with E-state index in [-0.39, 0.29) is 11.6 Å². The van der Waals surface area contributed by atoms with Crippen molar-refractivity contribution in [1.29, 1.82) is 0 Å². The molecule has 2 rings (SSSR count). The van der Waals surface area contributed by atoms with Gasteiger partial charge in [0.05, 0.1) is 0 Å². The quantitative estimate of drug-likeness (QED) is 0.852. The van der Waals surface area contributed by atoms with Crippen LogP contribution in [-0.2, 0) is 0 Å². The van der Waals surface area contributed by atoms with Gasteiger partial charge in [0.2, 0.25) is 0 Å². The van der Waals surface area contributed by atoms with Crippen molar-refractivity contribution in [2.24, 2.45) is 0 Å². The molecule has 17 heavy (non-hydrogen) atoms. The number of nitrogens with one attached hydrogen (secondary N) is 1. The number of carbonyl (C=O) groups excluding carboxylic acids is 1. The van der Waals surface area contributed by atoms with Crippen molar-refractivity contribution in [3.8, 4) is 0 Å². The summed E-state index contributed by atoms with van der Waals surface area (Å²) in [6.07, 6.45) is 0. The number of aromatic nitrogens is 1. The van der Waals surface area contributed by atoms with Crippen molar-refractivity contribution in [3.05, 3.63) is 33.6 Å². The molecular formula is C11H10BrN3OS. The first-order chi connectivity index (χ1) is 8.06. The number of rotatable bonds is 3. The molecule has 0 spiro atoms. The molecule has 88 valence electrons. The van der Waals surface area contributed by atoms with Crippen LogP contribution >= 0.6 is 27.3 Å². The van der Waals surface area contributed by atoms with Crippen LogP contribution < -0.4 is 11.1 Å². The topological polar surface area (TPSA) is 68.0 Å². The molecule has 1 aromatic heterocycles. The SMILES string of the molecule is CC(=O)c1sc(Nc2cccc(Br)c2)nc1N. The number of Topliss-reactive ketones (excluding diaryl/α,β-unsaturated/α-hetero) is 1. The monoisotopic (exact) mass is 311 g/mol. The average Bonchev–Trinajstić information content (AvgIpc) is 2.59. The number of thiazole rings is 1. The minimum Gasteiger partial charge on any atom is -0.382 e. The molecule has 2 aromatic rings. The number of nitrogens with zero attached hydrogens (tertiary/aromatic N) is 1. The molecule has 6 heteroatoms. The van der Waals surface area contributed by atoms with Gasteiger partial charge in [-0.25, -0.2) is 4.98 Å². The summed E-state index contributed by atoms with van der Waals surface area (Å²) in [7, 11) is 0. The summed E-state index contributed by atoms with van der Waals surface area (Å²) in [5, 5.41) is 3.72. The number of hydrogen-bond donors (Lipinski definition) is 2. The Morgan fingerprint density at radius 3 is 2.88 bits per heavy atom. The first-order valence-corrected chi connectivity index (χ1v) is 6.47. The Labute approximate surface area is 111 Å². The lowest BCUT2D eigenvalue weighted by atomic mass is 10.3. The Kier molecular flexibility index (Phi) is 3.44. The normalized spacial score (nSPS) is 10.2. The molecule has 1 aromatic carbocycles. The Morgan fingerprint density at radius 2 is 2.29 bits per heavy atom. The average molecular weight is 312 g/mol. The maximum Gasteiger partial charge on any atom is 0.189 e. The van der Waals surface area contributed by atoms with Gasteiger partial charge in [-0.2, -0.15) is 0 Å². The lowest BCUT2D eigenvalue weighted by Crippen LogP contribution is -1.95. The first kappa shape index (κ1) is 12.1. The number of benzene rings is 1. The minimum absolute atomic E-state index is 0.0673. The fourth-order valence-corrected chi connectivity index (χ4v) is 2.53. The fourth-order valence-electron chi connectivity index (χ4n) is 1.33. The van der Waals surface area contributed by atoms with Gasteiger partial charge in [-0.1, -0.05) is 33.3 Å². The van der Waals surface area contributed by atoms with E-state index in [1.54, 1.807) is 0 Å². The van der Waals surface area contributed by atoms with Crippen LogP contribution in [-0.4, -0.2) is 10.8 Å². The molecule has 0 saturated heterocycles. The maximum absolute atomic E-state index is 11.2. The van der Waals surface area contributed by atoms with Crippen molar-refractivity contribution in [1.82, 2.24) is 4.98 Å². The highest BCUT2D eigenvalue weighted by Gasteiger charge is 2.12. The zero-order valence-electron chi connectivity index (χ0n) is 9.03. The molecular weight excluding hydrogens is 302 g/mol. The van der Waals surface area contributed by atoms with E-state index in [2.05, 4.69) is 26.2 Å². The highest BCUT2D eigenvalue weighted by Crippen LogP contribution is 2.28. The van der Waals surface area contributed by atoms with Gasteiger partial charge in [-0.3, -0.25) is 4.79 Å². The molecule has 0 saturated carbocycles. The second-order valence-corrected chi connectivity index (χ2v) is 5.34. The molecule has 0 aliphatic rings. The standard InChI is InChI=1S/C11H10BrN3OS/c1-6(16)9-10(13)15-11(17-9)14-8-4-2-3-7(12)5-8/h2-5H,13H2,1H3,(H,14,15). The molecule has 0 bridgehead atoms. The molecule has 0 aliphatic carbocycles. The number of hydrogen-bond acceptors (Lipinski definition) is 5. The van der Waals surface area contributed by atoms with Crippen LogP contribution in [0.4, 0.5) is 16.6 Å². The van der Waals surface area contributed by atoms with Crippen LogP contribution in [0.15, 0.2) is 28.7 Å². The van der Waals surface area contributed by atoms with E-state index in [9.17, 15) is 4.79 Å². The number of ketones is 1. The van der Waals surface area contributed by atoms with Crippen molar-refractivity contribution in [3.63, 3.8) is 0 Å². The first-order valence-electron chi connectivity index (χ1n) is 4.86. The van der Waals surface area contributed by atoms with Crippen LogP contribution in [0.1, 0.15) is 16.6 Å². The molecule has 0 fully saturated rings. The van der Waals surface area contributed by atoms with Gasteiger partial charge in [0.15, 0.2) is 10.9 Å². The second-order valence-electron chi connectivity index (χ2n) is 3.42. The molecule has 0 amide bonds. The smallest absolute Gasteiger partial charge is 0.189 e. The van der Waals surface area contributed by atoms with E-state index in [4.69, 9.17) is 5.73 Å². The zero-order chi connectivity index (χ0) is 12.4. The summed E-state index contributed by atoms with van der Waals surface area (Å²) < 4.78 is 0.971. The molecule has 1 heterocycles. The van der Waals surface area contributed by atoms with E-state index < -0.39 is 0 Å². The fraction of sp³-hybridized carbons (Fsp3) is 0.0909. The van der Waals surface area contributed by atoms with Gasteiger partial charge in [0.25, 0.3) is 0 Å². The number of nitrogen functional groups attached to an aromatic ring is 1. The van der Waals surface area contributed by atoms with E-state index >= 15 is 0 Å². The third-order valence-electron chi connectivity index (χ3n) is 2.05. The summed E-state index contributed by atoms with van der Waals surface area (Å²) in [5.41, 5.74) is 6.55. The van der Waals surface area contributed by atoms with Crippen molar-refractivity contribution >= 4 is 49.7 Å². The minimum atomic E-state index is -0.0673. The van der Waals surface area contributed by atoms with Crippen LogP contribution in [0.2, 0.25) is 0 Å². The summed E-state index contributed by atoms with van der Waals surface area (Å²) in [4.78, 5) is 15.8. The highest BCUT2D eigenvalue weighted by atomic mass is 79.9. The van der Waals surface area contributed by atoms with Gasteiger partial charge in [0, 0.05) is 17.1 Å². The Balaban J connectivity index is 2.25. The van der Waals surface area contributed by atoms with Crippen LogP contribution in [0.5, 0.6) is 0 Å². The molecule has 0 atom stereocenters. The van der Waals surface area contributed by atoms with Crippen LogP contribution in [0, 0.1) is 0 Å². The zero-order valence-corrected chi connectivity index (χ0v) is 11.4. The Hall–Kier alpha value is -1.40. The Morgan fingerprint density at radius 1 is 1.53 bits per heavy atom. The Bertz CT molecular complexity index is 568. The van der Waals surface area contributed by atoms with E-state index in [0.717, 1.165) is 10.2 Å². The molecule has 0 unspecified atom stereocenters. The second kappa shape index (κ2) is 4.85. The third kappa shape index (κ3) is 2.83. The van der Waals surface area contributed by atoms with Crippen LogP contribution in [0.25, 0.3) is 0 Å². The lowest BCUT2D eigenvalue weighted by molar-refractivity contribution is 0.102. The van der Waals surface area contributed by atoms with Crippen molar-refractivity contribution in [2.75, 3.05) is 11.1 Å². The van der Waals surface area contributed by atoms with Gasteiger partial charge >= 0.3 is 0 Å². The van der Waals surface area contributed by atoms with Crippen LogP contribution in [0.3, 0.4) is 0 Å². The predicted molar refractivity (Wildman–Crippen MR) is 74.0 cm³/mol. The largest absolute Gasteiger partial charge is 0.382 e. The van der Waals surface area contributed by atoms with E-state index in [0.29, 0.717) is 10.0 Å². The lowest BCUT2D eigenvalue weighted by Gasteiger charge is -2.01. The molecule has 4 nitrogen and oxygen atoms in total. The van der Waals surface area contributed by atoms with Crippen molar-refractivity contribution < 1.29 is 4.79 Å². The third-order valence-corrected chi connectivity index (χ3v) is 3.63. The molecule has 0 radical (unpaired) electrons. The maximum atomic E-state index is 11.2. The highest BCUT2D eigenvalue weighted by molar-refractivity contribution is 9.10. The van der Waals surface area contributed by atoms with E-state index in [1.165, 1.54) is 18.3 Å². The van der Waals surface area contributed by atoms with Gasteiger partial charge in [-0.15, -0.1) is 0 Å². The summed E-state index contributed by atoms with van der Waals surface area (Å²) in [6, 6.07) is 7.68.